The van der Waals surface area contributed by atoms with Crippen LogP contribution in [0.2, 0.25) is 0 Å². The zero-order chi connectivity index (χ0) is 14.1. The second kappa shape index (κ2) is 5.15. The first kappa shape index (κ1) is 13.0. The van der Waals surface area contributed by atoms with Gasteiger partial charge in [-0.25, -0.2) is 4.79 Å². The number of aryl methyl sites for hydroxylation is 1. The Labute approximate surface area is 116 Å². The van der Waals surface area contributed by atoms with E-state index in [1.54, 1.807) is 17.9 Å². The molecule has 1 saturated carbocycles. The normalized spacial score (nSPS) is 21.9. The van der Waals surface area contributed by atoms with Gasteiger partial charge in [0.25, 0.3) is 0 Å². The van der Waals surface area contributed by atoms with Crippen molar-refractivity contribution < 1.29 is 14.1 Å². The SMILES string of the molecule is Cc1cc(NC(=O)[C@@H]2CCCN2C(=O)NC2CC2)no1. The largest absolute Gasteiger partial charge is 0.360 e. The second-order valence-electron chi connectivity index (χ2n) is 5.39. The summed E-state index contributed by atoms with van der Waals surface area (Å²) < 4.78 is 4.91. The van der Waals surface area contributed by atoms with E-state index >= 15 is 0 Å². The van der Waals surface area contributed by atoms with Gasteiger partial charge < -0.3 is 20.1 Å². The van der Waals surface area contributed by atoms with Gasteiger partial charge in [-0.05, 0) is 32.6 Å². The van der Waals surface area contributed by atoms with Gasteiger partial charge in [0, 0.05) is 18.7 Å². The number of hydrogen-bond acceptors (Lipinski definition) is 4. The first-order valence-electron chi connectivity index (χ1n) is 6.95. The van der Waals surface area contributed by atoms with Crippen molar-refractivity contribution in [1.29, 1.82) is 0 Å². The molecule has 1 aromatic rings. The highest BCUT2D eigenvalue weighted by Gasteiger charge is 2.36. The summed E-state index contributed by atoms with van der Waals surface area (Å²) in [7, 11) is 0. The van der Waals surface area contributed by atoms with Crippen LogP contribution in [0.5, 0.6) is 0 Å². The fraction of sp³-hybridized carbons (Fsp3) is 0.615. The molecule has 0 bridgehead atoms. The van der Waals surface area contributed by atoms with Crippen molar-refractivity contribution in [1.82, 2.24) is 15.4 Å². The molecule has 0 radical (unpaired) electrons. The summed E-state index contributed by atoms with van der Waals surface area (Å²) >= 11 is 0. The second-order valence-corrected chi connectivity index (χ2v) is 5.39. The highest BCUT2D eigenvalue weighted by molar-refractivity contribution is 5.96. The third-order valence-electron chi connectivity index (χ3n) is 3.60. The Bertz CT molecular complexity index is 523. The molecule has 3 rings (SSSR count). The van der Waals surface area contributed by atoms with E-state index in [4.69, 9.17) is 4.52 Å². The molecule has 1 aliphatic heterocycles. The zero-order valence-electron chi connectivity index (χ0n) is 11.4. The molecule has 1 aliphatic carbocycles. The number of aromatic nitrogens is 1. The predicted octanol–water partition coefficient (Wildman–Crippen LogP) is 1.26. The van der Waals surface area contributed by atoms with Crippen molar-refractivity contribution in [2.45, 2.75) is 44.7 Å². The quantitative estimate of drug-likeness (QED) is 0.871. The fourth-order valence-electron chi connectivity index (χ4n) is 2.40. The van der Waals surface area contributed by atoms with Crippen LogP contribution in [-0.4, -0.2) is 40.6 Å². The van der Waals surface area contributed by atoms with Gasteiger partial charge in [-0.3, -0.25) is 4.79 Å². The fourth-order valence-corrected chi connectivity index (χ4v) is 2.40. The maximum atomic E-state index is 12.2. The van der Waals surface area contributed by atoms with Crippen molar-refractivity contribution in [2.24, 2.45) is 0 Å². The third-order valence-corrected chi connectivity index (χ3v) is 3.60. The number of amides is 3. The molecule has 0 aromatic carbocycles. The summed E-state index contributed by atoms with van der Waals surface area (Å²) in [6, 6.07) is 1.39. The molecule has 2 aliphatic rings. The first-order chi connectivity index (χ1) is 9.63. The van der Waals surface area contributed by atoms with Crippen LogP contribution in [0.4, 0.5) is 10.6 Å². The molecule has 2 heterocycles. The molecule has 3 amide bonds. The van der Waals surface area contributed by atoms with Crippen LogP contribution in [0.1, 0.15) is 31.4 Å². The number of rotatable bonds is 3. The number of carbonyl (C=O) groups is 2. The van der Waals surface area contributed by atoms with Crippen molar-refractivity contribution in [3.63, 3.8) is 0 Å². The van der Waals surface area contributed by atoms with Crippen LogP contribution in [0.3, 0.4) is 0 Å². The van der Waals surface area contributed by atoms with E-state index in [9.17, 15) is 9.59 Å². The zero-order valence-corrected chi connectivity index (χ0v) is 11.4. The Morgan fingerprint density at radius 2 is 2.20 bits per heavy atom. The molecular formula is C13H18N4O3. The number of anilines is 1. The van der Waals surface area contributed by atoms with Gasteiger partial charge in [0.05, 0.1) is 0 Å². The monoisotopic (exact) mass is 278 g/mol. The summed E-state index contributed by atoms with van der Waals surface area (Å²) in [4.78, 5) is 25.9. The molecular weight excluding hydrogens is 260 g/mol. The summed E-state index contributed by atoms with van der Waals surface area (Å²) in [5.74, 6) is 0.818. The Kier molecular flexibility index (Phi) is 3.33. The van der Waals surface area contributed by atoms with Crippen molar-refractivity contribution in [3.8, 4) is 0 Å². The van der Waals surface area contributed by atoms with Crippen LogP contribution in [-0.2, 0) is 4.79 Å². The first-order valence-corrected chi connectivity index (χ1v) is 6.95. The molecule has 7 heteroatoms. The van der Waals surface area contributed by atoms with Gasteiger partial charge in [0.1, 0.15) is 11.8 Å². The lowest BCUT2D eigenvalue weighted by Gasteiger charge is -2.23. The summed E-state index contributed by atoms with van der Waals surface area (Å²) in [6.07, 6.45) is 3.60. The standard InChI is InChI=1S/C13H18N4O3/c1-8-7-11(16-20-8)15-12(18)10-3-2-6-17(10)13(19)14-9-4-5-9/h7,9-10H,2-6H2,1H3,(H,14,19)(H,15,16,18)/t10-/m0/s1. The molecule has 0 spiro atoms. The molecule has 20 heavy (non-hydrogen) atoms. The highest BCUT2D eigenvalue weighted by atomic mass is 16.5. The van der Waals surface area contributed by atoms with E-state index in [0.717, 1.165) is 19.3 Å². The summed E-state index contributed by atoms with van der Waals surface area (Å²) in [5, 5.41) is 9.34. The van der Waals surface area contributed by atoms with Crippen LogP contribution < -0.4 is 10.6 Å². The highest BCUT2D eigenvalue weighted by Crippen LogP contribution is 2.23. The maximum Gasteiger partial charge on any atom is 0.318 e. The predicted molar refractivity (Wildman–Crippen MR) is 71.2 cm³/mol. The van der Waals surface area contributed by atoms with Crippen LogP contribution in [0.15, 0.2) is 10.6 Å². The summed E-state index contributed by atoms with van der Waals surface area (Å²) in [6.45, 7) is 2.38. The van der Waals surface area contributed by atoms with E-state index in [1.165, 1.54) is 0 Å². The Hall–Kier alpha value is -2.05. The van der Waals surface area contributed by atoms with E-state index in [0.29, 0.717) is 30.6 Å². The van der Waals surface area contributed by atoms with E-state index < -0.39 is 6.04 Å². The van der Waals surface area contributed by atoms with Gasteiger partial charge in [-0.1, -0.05) is 5.16 Å². The average molecular weight is 278 g/mol. The van der Waals surface area contributed by atoms with Crippen LogP contribution >= 0.6 is 0 Å². The number of carbonyl (C=O) groups excluding carboxylic acids is 2. The number of nitrogens with zero attached hydrogens (tertiary/aromatic N) is 2. The van der Waals surface area contributed by atoms with Gasteiger partial charge in [-0.15, -0.1) is 0 Å². The molecule has 108 valence electrons. The smallest absolute Gasteiger partial charge is 0.318 e. The minimum Gasteiger partial charge on any atom is -0.360 e. The molecule has 7 nitrogen and oxygen atoms in total. The molecule has 1 atom stereocenters. The average Bonchev–Trinajstić information content (AvgIpc) is 2.92. The molecule has 0 unspecified atom stereocenters. The number of likely N-dealkylation sites (tertiary alicyclic amines) is 1. The number of nitrogens with one attached hydrogen (secondary N) is 2. The van der Waals surface area contributed by atoms with Crippen molar-refractivity contribution in [3.05, 3.63) is 11.8 Å². The summed E-state index contributed by atoms with van der Waals surface area (Å²) in [5.41, 5.74) is 0. The van der Waals surface area contributed by atoms with Crippen molar-refractivity contribution >= 4 is 17.8 Å². The lowest BCUT2D eigenvalue weighted by atomic mass is 10.2. The van der Waals surface area contributed by atoms with Crippen LogP contribution in [0, 0.1) is 6.92 Å². The Morgan fingerprint density at radius 3 is 2.85 bits per heavy atom. The van der Waals surface area contributed by atoms with Crippen molar-refractivity contribution in [2.75, 3.05) is 11.9 Å². The Balaban J connectivity index is 1.61. The Morgan fingerprint density at radius 1 is 1.40 bits per heavy atom. The van der Waals surface area contributed by atoms with E-state index in [-0.39, 0.29) is 11.9 Å². The lowest BCUT2D eigenvalue weighted by Crippen LogP contribution is -2.48. The molecule has 2 N–H and O–H groups in total. The molecule has 2 fully saturated rings. The van der Waals surface area contributed by atoms with Gasteiger partial charge >= 0.3 is 6.03 Å². The van der Waals surface area contributed by atoms with Gasteiger partial charge in [-0.2, -0.15) is 0 Å². The van der Waals surface area contributed by atoms with Gasteiger partial charge in [0.15, 0.2) is 5.82 Å². The van der Waals surface area contributed by atoms with Gasteiger partial charge in [0.2, 0.25) is 5.91 Å². The number of urea groups is 1. The topological polar surface area (TPSA) is 87.5 Å². The van der Waals surface area contributed by atoms with Crippen LogP contribution in [0.25, 0.3) is 0 Å². The third kappa shape index (κ3) is 2.76. The lowest BCUT2D eigenvalue weighted by molar-refractivity contribution is -0.119. The minimum atomic E-state index is -0.425. The maximum absolute atomic E-state index is 12.2. The number of hydrogen-bond donors (Lipinski definition) is 2. The van der Waals surface area contributed by atoms with E-state index in [1.807, 2.05) is 0 Å². The molecule has 1 saturated heterocycles. The molecule has 1 aromatic heterocycles. The van der Waals surface area contributed by atoms with E-state index in [2.05, 4.69) is 15.8 Å². The minimum absolute atomic E-state index is 0.138.